The lowest BCUT2D eigenvalue weighted by Crippen LogP contribution is -2.40. The van der Waals surface area contributed by atoms with Gasteiger partial charge in [-0.3, -0.25) is 9.59 Å². The van der Waals surface area contributed by atoms with E-state index in [-0.39, 0.29) is 38.6 Å². The molecule has 0 aliphatic carbocycles. The number of carboxylic acids is 1. The van der Waals surface area contributed by atoms with Crippen LogP contribution in [0.25, 0.3) is 0 Å². The Morgan fingerprint density at radius 2 is 0.891 bits per heavy atom. The molecule has 0 spiro atoms. The van der Waals surface area contributed by atoms with Crippen molar-refractivity contribution in [2.24, 2.45) is 0 Å². The average Bonchev–Trinajstić information content (AvgIpc) is 3.26. The standard InChI is InChI=1S/C55H95NO8/c1-6-8-10-12-14-16-18-19-20-21-22-23-24-25-26-27-28-29-30-31-32-33-34-35-36-38-40-42-44-46-53(58)64-51(50-63-55(54(59)60)61-48-47-56(3,4)5)49-62-52(57)45-43-41-39-37-17-15-13-11-9-7-2/h8,10-11,13-14,16,19-20,22-23,25-26,51,55H,6-7,9,12,15,17-18,21,24,27-50H2,1-5H3/p+1/b10-8-,13-11-,16-14-,20-19-,23-22-,26-25-. The highest BCUT2D eigenvalue weighted by Crippen LogP contribution is 2.15. The minimum atomic E-state index is -1.51. The molecule has 9 heteroatoms. The van der Waals surface area contributed by atoms with Gasteiger partial charge in [-0.2, -0.15) is 0 Å². The van der Waals surface area contributed by atoms with Gasteiger partial charge < -0.3 is 28.5 Å². The number of likely N-dealkylation sites (N-methyl/N-ethyl adjacent to an activating group) is 1. The minimum Gasteiger partial charge on any atom is -0.477 e. The number of carbonyl (C=O) groups excluding carboxylic acids is 2. The summed E-state index contributed by atoms with van der Waals surface area (Å²) in [5.74, 6) is -2.03. The first-order valence-electron chi connectivity index (χ1n) is 25.6. The summed E-state index contributed by atoms with van der Waals surface area (Å²) in [5.41, 5.74) is 0. The van der Waals surface area contributed by atoms with Crippen LogP contribution in [0, 0.1) is 0 Å². The van der Waals surface area contributed by atoms with Crippen LogP contribution in [0.15, 0.2) is 72.9 Å². The largest absolute Gasteiger partial charge is 0.477 e. The first kappa shape index (κ1) is 60.7. The van der Waals surface area contributed by atoms with Gasteiger partial charge in [-0.15, -0.1) is 0 Å². The van der Waals surface area contributed by atoms with Gasteiger partial charge in [-0.1, -0.05) is 183 Å². The Morgan fingerprint density at radius 1 is 0.484 bits per heavy atom. The van der Waals surface area contributed by atoms with Gasteiger partial charge in [0.15, 0.2) is 6.10 Å². The number of esters is 2. The van der Waals surface area contributed by atoms with Gasteiger partial charge in [-0.25, -0.2) is 4.79 Å². The second-order valence-electron chi connectivity index (χ2n) is 18.1. The van der Waals surface area contributed by atoms with Crippen LogP contribution in [-0.2, 0) is 33.3 Å². The highest BCUT2D eigenvalue weighted by molar-refractivity contribution is 5.71. The molecule has 0 fully saturated rings. The highest BCUT2D eigenvalue weighted by atomic mass is 16.7. The number of aliphatic carboxylic acids is 1. The molecule has 64 heavy (non-hydrogen) atoms. The number of nitrogens with zero attached hydrogens (tertiary/aromatic N) is 1. The maximum Gasteiger partial charge on any atom is 0.361 e. The lowest BCUT2D eigenvalue weighted by atomic mass is 10.0. The molecule has 1 N–H and O–H groups in total. The van der Waals surface area contributed by atoms with Crippen LogP contribution in [0.3, 0.4) is 0 Å². The van der Waals surface area contributed by atoms with E-state index in [0.717, 1.165) is 89.9 Å². The first-order chi connectivity index (χ1) is 31.1. The van der Waals surface area contributed by atoms with Gasteiger partial charge in [0.2, 0.25) is 0 Å². The zero-order valence-electron chi connectivity index (χ0n) is 41.7. The van der Waals surface area contributed by atoms with Crippen LogP contribution in [0.5, 0.6) is 0 Å². The Bertz CT molecular complexity index is 1280. The van der Waals surface area contributed by atoms with Crippen molar-refractivity contribution in [3.05, 3.63) is 72.9 Å². The fourth-order valence-electron chi connectivity index (χ4n) is 6.75. The van der Waals surface area contributed by atoms with Crippen molar-refractivity contribution in [2.75, 3.05) is 47.5 Å². The monoisotopic (exact) mass is 899 g/mol. The van der Waals surface area contributed by atoms with E-state index in [2.05, 4.69) is 86.8 Å². The van der Waals surface area contributed by atoms with Crippen LogP contribution < -0.4 is 0 Å². The van der Waals surface area contributed by atoms with Crippen LogP contribution in [0.4, 0.5) is 0 Å². The normalized spacial score (nSPS) is 13.5. The summed E-state index contributed by atoms with van der Waals surface area (Å²) in [6, 6.07) is 0. The van der Waals surface area contributed by atoms with E-state index in [4.69, 9.17) is 18.9 Å². The summed E-state index contributed by atoms with van der Waals surface area (Å²) in [7, 11) is 5.95. The summed E-state index contributed by atoms with van der Waals surface area (Å²) in [6.07, 6.45) is 55.5. The van der Waals surface area contributed by atoms with Gasteiger partial charge in [0, 0.05) is 12.8 Å². The van der Waals surface area contributed by atoms with E-state index in [1.807, 2.05) is 21.1 Å². The van der Waals surface area contributed by atoms with E-state index in [9.17, 15) is 19.5 Å². The fourth-order valence-corrected chi connectivity index (χ4v) is 6.75. The molecule has 0 saturated carbocycles. The molecular formula is C55H96NO8+. The highest BCUT2D eigenvalue weighted by Gasteiger charge is 2.25. The lowest BCUT2D eigenvalue weighted by Gasteiger charge is -2.25. The predicted octanol–water partition coefficient (Wildman–Crippen LogP) is 14.3. The summed E-state index contributed by atoms with van der Waals surface area (Å²) in [5, 5.41) is 9.65. The molecular weight excluding hydrogens is 803 g/mol. The molecule has 0 aromatic heterocycles. The Labute approximate surface area is 392 Å². The molecule has 0 amide bonds. The Kier molecular flexibility index (Phi) is 43.9. The van der Waals surface area contributed by atoms with Gasteiger partial charge in [0.1, 0.15) is 13.2 Å². The molecule has 0 saturated heterocycles. The van der Waals surface area contributed by atoms with Gasteiger partial charge in [0.25, 0.3) is 6.29 Å². The van der Waals surface area contributed by atoms with Crippen LogP contribution in [0.1, 0.15) is 200 Å². The third kappa shape index (κ3) is 46.7. The number of allylic oxidation sites excluding steroid dienone is 12. The van der Waals surface area contributed by atoms with Crippen molar-refractivity contribution in [2.45, 2.75) is 212 Å². The summed E-state index contributed by atoms with van der Waals surface area (Å²) >= 11 is 0. The molecule has 2 unspecified atom stereocenters. The third-order valence-electron chi connectivity index (χ3n) is 10.7. The summed E-state index contributed by atoms with van der Waals surface area (Å²) in [4.78, 5) is 37.1. The summed E-state index contributed by atoms with van der Waals surface area (Å²) < 4.78 is 22.7. The van der Waals surface area contributed by atoms with E-state index >= 15 is 0 Å². The molecule has 0 rings (SSSR count). The van der Waals surface area contributed by atoms with Gasteiger partial charge in [0.05, 0.1) is 34.4 Å². The van der Waals surface area contributed by atoms with Crippen molar-refractivity contribution in [3.63, 3.8) is 0 Å². The smallest absolute Gasteiger partial charge is 0.361 e. The first-order valence-corrected chi connectivity index (χ1v) is 25.6. The number of carbonyl (C=O) groups is 3. The zero-order chi connectivity index (χ0) is 47.0. The predicted molar refractivity (Wildman–Crippen MR) is 267 cm³/mol. The molecule has 368 valence electrons. The SMILES string of the molecule is CC/C=C\C/C=C\C/C=C\C/C=C\C/C=C\CCCCCCCCCCCCCCCC(=O)OC(COC(=O)CCCCCCC/C=C\CCC)COC(OCC[N+](C)(C)C)C(=O)O. The topological polar surface area (TPSA) is 108 Å². The lowest BCUT2D eigenvalue weighted by molar-refractivity contribution is -0.870. The Hall–Kier alpha value is -3.27. The van der Waals surface area contributed by atoms with Crippen LogP contribution >= 0.6 is 0 Å². The number of unbranched alkanes of at least 4 members (excludes halogenated alkanes) is 19. The average molecular weight is 899 g/mol. The molecule has 0 radical (unpaired) electrons. The minimum absolute atomic E-state index is 0.184. The van der Waals surface area contributed by atoms with Crippen LogP contribution in [-0.4, -0.2) is 87.4 Å². The van der Waals surface area contributed by atoms with Crippen molar-refractivity contribution >= 4 is 17.9 Å². The molecule has 0 aromatic carbocycles. The molecule has 0 bridgehead atoms. The van der Waals surface area contributed by atoms with Gasteiger partial charge in [-0.05, 0) is 77.0 Å². The van der Waals surface area contributed by atoms with Crippen molar-refractivity contribution in [1.29, 1.82) is 0 Å². The number of rotatable bonds is 46. The number of quaternary nitrogens is 1. The quantitative estimate of drug-likeness (QED) is 0.0212. The van der Waals surface area contributed by atoms with E-state index in [1.165, 1.54) is 77.0 Å². The maximum atomic E-state index is 12.8. The van der Waals surface area contributed by atoms with Gasteiger partial charge >= 0.3 is 17.9 Å². The number of carboxylic acid groups (broad SMARTS) is 1. The Balaban J connectivity index is 4.18. The number of ether oxygens (including phenoxy) is 4. The number of hydrogen-bond acceptors (Lipinski definition) is 7. The van der Waals surface area contributed by atoms with E-state index < -0.39 is 24.3 Å². The second-order valence-corrected chi connectivity index (χ2v) is 18.1. The number of hydrogen-bond donors (Lipinski definition) is 1. The zero-order valence-corrected chi connectivity index (χ0v) is 41.7. The Morgan fingerprint density at radius 3 is 1.34 bits per heavy atom. The fraction of sp³-hybridized carbons (Fsp3) is 0.727. The van der Waals surface area contributed by atoms with Crippen molar-refractivity contribution in [1.82, 2.24) is 0 Å². The molecule has 0 heterocycles. The molecule has 2 atom stereocenters. The van der Waals surface area contributed by atoms with E-state index in [0.29, 0.717) is 17.4 Å². The molecule has 0 aliphatic rings. The molecule has 9 nitrogen and oxygen atoms in total. The van der Waals surface area contributed by atoms with E-state index in [1.54, 1.807) is 0 Å². The second kappa shape index (κ2) is 46.3. The molecule has 0 aliphatic heterocycles. The van der Waals surface area contributed by atoms with Crippen LogP contribution in [0.2, 0.25) is 0 Å². The van der Waals surface area contributed by atoms with Crippen molar-refractivity contribution in [3.8, 4) is 0 Å². The molecule has 0 aromatic rings. The maximum absolute atomic E-state index is 12.8. The third-order valence-corrected chi connectivity index (χ3v) is 10.7. The summed E-state index contributed by atoms with van der Waals surface area (Å²) in [6.45, 7) is 4.68. The van der Waals surface area contributed by atoms with Crippen molar-refractivity contribution < 1.29 is 42.9 Å².